The molecule has 0 saturated heterocycles. The average molecular weight is 248 g/mol. The molecule has 0 radical (unpaired) electrons. The largest absolute Gasteiger partial charge is 0.465 e. The van der Waals surface area contributed by atoms with Crippen LogP contribution in [0.1, 0.15) is 44.7 Å². The van der Waals surface area contributed by atoms with Crippen LogP contribution >= 0.6 is 0 Å². The van der Waals surface area contributed by atoms with Crippen molar-refractivity contribution < 1.29 is 19.1 Å². The van der Waals surface area contributed by atoms with Crippen LogP contribution in [-0.4, -0.2) is 26.2 Å². The molecule has 0 aliphatic heterocycles. The Hall–Kier alpha value is -1.84. The van der Waals surface area contributed by atoms with Gasteiger partial charge in [0.05, 0.1) is 25.3 Å². The first kappa shape index (κ1) is 12.6. The Morgan fingerprint density at radius 2 is 1.28 bits per heavy atom. The molecule has 0 heterocycles. The van der Waals surface area contributed by atoms with E-state index in [-0.39, 0.29) is 11.9 Å². The maximum absolute atomic E-state index is 11.7. The van der Waals surface area contributed by atoms with Gasteiger partial charge in [0.25, 0.3) is 0 Å². The lowest BCUT2D eigenvalue weighted by Crippen LogP contribution is -2.16. The molecule has 0 fully saturated rings. The summed E-state index contributed by atoms with van der Waals surface area (Å²) in [6.07, 6.45) is 3.68. The predicted molar refractivity (Wildman–Crippen MR) is 65.8 cm³/mol. The normalized spacial score (nSPS) is 13.7. The first-order valence-electron chi connectivity index (χ1n) is 6.00. The van der Waals surface area contributed by atoms with Gasteiger partial charge in [-0.1, -0.05) is 0 Å². The van der Waals surface area contributed by atoms with E-state index in [9.17, 15) is 9.59 Å². The zero-order chi connectivity index (χ0) is 13.1. The number of rotatable bonds is 2. The zero-order valence-corrected chi connectivity index (χ0v) is 10.6. The smallest absolute Gasteiger partial charge is 0.338 e. The molecule has 0 amide bonds. The third kappa shape index (κ3) is 2.10. The lowest BCUT2D eigenvalue weighted by molar-refractivity contribution is 0.0584. The van der Waals surface area contributed by atoms with Gasteiger partial charge in [0.15, 0.2) is 0 Å². The van der Waals surface area contributed by atoms with Gasteiger partial charge in [-0.3, -0.25) is 0 Å². The van der Waals surface area contributed by atoms with Crippen molar-refractivity contribution >= 4 is 11.9 Å². The van der Waals surface area contributed by atoms with E-state index >= 15 is 0 Å². The highest BCUT2D eigenvalue weighted by atomic mass is 16.5. The van der Waals surface area contributed by atoms with Gasteiger partial charge in [0.1, 0.15) is 0 Å². The van der Waals surface area contributed by atoms with Crippen molar-refractivity contribution in [2.24, 2.45) is 0 Å². The molecule has 0 unspecified atom stereocenters. The summed E-state index contributed by atoms with van der Waals surface area (Å²) in [6.45, 7) is 0. The predicted octanol–water partition coefficient (Wildman–Crippen LogP) is 2.14. The second-order valence-corrected chi connectivity index (χ2v) is 4.31. The summed E-state index contributed by atoms with van der Waals surface area (Å²) in [5.41, 5.74) is 3.02. The van der Waals surface area contributed by atoms with E-state index in [1.165, 1.54) is 14.2 Å². The number of hydrogen-bond acceptors (Lipinski definition) is 4. The lowest BCUT2D eigenvalue weighted by atomic mass is 9.85. The molecule has 1 aliphatic carbocycles. The van der Waals surface area contributed by atoms with Crippen molar-refractivity contribution in [3.8, 4) is 0 Å². The molecule has 0 saturated carbocycles. The Morgan fingerprint density at radius 3 is 1.61 bits per heavy atom. The van der Waals surface area contributed by atoms with E-state index < -0.39 is 0 Å². The molecular formula is C14H16O4. The van der Waals surface area contributed by atoms with E-state index in [4.69, 9.17) is 9.47 Å². The van der Waals surface area contributed by atoms with Gasteiger partial charge >= 0.3 is 11.9 Å². The zero-order valence-electron chi connectivity index (χ0n) is 10.6. The van der Waals surface area contributed by atoms with Gasteiger partial charge in [-0.05, 0) is 48.9 Å². The minimum Gasteiger partial charge on any atom is -0.465 e. The van der Waals surface area contributed by atoms with Crippen molar-refractivity contribution in [2.75, 3.05) is 14.2 Å². The van der Waals surface area contributed by atoms with Gasteiger partial charge in [-0.15, -0.1) is 0 Å². The highest BCUT2D eigenvalue weighted by Crippen LogP contribution is 2.28. The van der Waals surface area contributed by atoms with Crippen molar-refractivity contribution in [3.05, 3.63) is 34.4 Å². The SMILES string of the molecule is COC(=O)c1ccc(C(=O)OC)c2c1CCCC2. The molecule has 4 nitrogen and oxygen atoms in total. The fraction of sp³-hybridized carbons (Fsp3) is 0.429. The van der Waals surface area contributed by atoms with Gasteiger partial charge < -0.3 is 9.47 Å². The monoisotopic (exact) mass is 248 g/mol. The fourth-order valence-electron chi connectivity index (χ4n) is 2.47. The molecule has 0 spiro atoms. The maximum atomic E-state index is 11.7. The number of methoxy groups -OCH3 is 2. The summed E-state index contributed by atoms with van der Waals surface area (Å²) in [5.74, 6) is -0.686. The van der Waals surface area contributed by atoms with Crippen LogP contribution in [0.3, 0.4) is 0 Å². The van der Waals surface area contributed by atoms with Crippen LogP contribution < -0.4 is 0 Å². The first-order valence-corrected chi connectivity index (χ1v) is 6.00. The second kappa shape index (κ2) is 5.21. The molecule has 1 aromatic carbocycles. The van der Waals surface area contributed by atoms with Crippen LogP contribution in [0.4, 0.5) is 0 Å². The molecule has 0 N–H and O–H groups in total. The standard InChI is InChI=1S/C14H16O4/c1-17-13(15)11-7-8-12(14(16)18-2)10-6-4-3-5-9(10)11/h7-8H,3-6H2,1-2H3. The Labute approximate surface area is 106 Å². The van der Waals surface area contributed by atoms with Gasteiger partial charge in [0.2, 0.25) is 0 Å². The highest BCUT2D eigenvalue weighted by Gasteiger charge is 2.23. The Balaban J connectivity index is 2.55. The molecule has 18 heavy (non-hydrogen) atoms. The van der Waals surface area contributed by atoms with Crippen LogP contribution in [-0.2, 0) is 22.3 Å². The Kier molecular flexibility index (Phi) is 3.65. The van der Waals surface area contributed by atoms with E-state index in [2.05, 4.69) is 0 Å². The van der Waals surface area contributed by atoms with Gasteiger partial charge in [-0.2, -0.15) is 0 Å². The number of benzene rings is 1. The molecule has 1 aliphatic rings. The maximum Gasteiger partial charge on any atom is 0.338 e. The lowest BCUT2D eigenvalue weighted by Gasteiger charge is -2.20. The summed E-state index contributed by atoms with van der Waals surface area (Å²) >= 11 is 0. The molecule has 4 heteroatoms. The summed E-state index contributed by atoms with van der Waals surface area (Å²) in [7, 11) is 2.73. The van der Waals surface area contributed by atoms with Crippen molar-refractivity contribution in [1.82, 2.24) is 0 Å². The second-order valence-electron chi connectivity index (χ2n) is 4.31. The van der Waals surface area contributed by atoms with Crippen molar-refractivity contribution in [3.63, 3.8) is 0 Å². The summed E-state index contributed by atoms with van der Waals surface area (Å²) in [6, 6.07) is 3.31. The fourth-order valence-corrected chi connectivity index (χ4v) is 2.47. The molecule has 1 aromatic rings. The topological polar surface area (TPSA) is 52.6 Å². The van der Waals surface area contributed by atoms with Crippen LogP contribution in [0, 0.1) is 0 Å². The van der Waals surface area contributed by atoms with Crippen LogP contribution in [0.25, 0.3) is 0 Å². The minimum absolute atomic E-state index is 0.343. The van der Waals surface area contributed by atoms with E-state index in [1.807, 2.05) is 0 Å². The molecule has 0 bridgehead atoms. The molecular weight excluding hydrogens is 232 g/mol. The third-order valence-corrected chi connectivity index (χ3v) is 3.35. The number of esters is 2. The van der Waals surface area contributed by atoms with Crippen LogP contribution in [0.15, 0.2) is 12.1 Å². The number of carbonyl (C=O) groups is 2. The van der Waals surface area contributed by atoms with Crippen LogP contribution in [0.2, 0.25) is 0 Å². The highest BCUT2D eigenvalue weighted by molar-refractivity contribution is 5.96. The first-order chi connectivity index (χ1) is 8.69. The number of ether oxygens (including phenoxy) is 2. The van der Waals surface area contributed by atoms with Crippen LogP contribution in [0.5, 0.6) is 0 Å². The van der Waals surface area contributed by atoms with Crippen molar-refractivity contribution in [2.45, 2.75) is 25.7 Å². The summed E-state index contributed by atoms with van der Waals surface area (Å²) in [4.78, 5) is 23.4. The van der Waals surface area contributed by atoms with E-state index in [0.717, 1.165) is 36.8 Å². The molecule has 96 valence electrons. The number of fused-ring (bicyclic) bond motifs is 1. The molecule has 0 aromatic heterocycles. The van der Waals surface area contributed by atoms with E-state index in [0.29, 0.717) is 11.1 Å². The third-order valence-electron chi connectivity index (χ3n) is 3.35. The van der Waals surface area contributed by atoms with Crippen molar-refractivity contribution in [1.29, 1.82) is 0 Å². The summed E-state index contributed by atoms with van der Waals surface area (Å²) in [5, 5.41) is 0. The minimum atomic E-state index is -0.343. The number of carbonyl (C=O) groups excluding carboxylic acids is 2. The molecule has 2 rings (SSSR count). The average Bonchev–Trinajstić information content (AvgIpc) is 2.44. The Bertz CT molecular complexity index is 446. The molecule has 0 atom stereocenters. The summed E-state index contributed by atoms with van der Waals surface area (Å²) < 4.78 is 9.55. The Morgan fingerprint density at radius 1 is 0.889 bits per heavy atom. The quantitative estimate of drug-likeness (QED) is 0.752. The van der Waals surface area contributed by atoms with E-state index in [1.54, 1.807) is 12.1 Å². The van der Waals surface area contributed by atoms with Gasteiger partial charge in [0, 0.05) is 0 Å². The number of hydrogen-bond donors (Lipinski definition) is 0. The van der Waals surface area contributed by atoms with Gasteiger partial charge in [-0.25, -0.2) is 9.59 Å².